The number of aromatic nitrogens is 1. The van der Waals surface area contributed by atoms with Crippen LogP contribution in [0.25, 0.3) is 17.0 Å². The fraction of sp³-hybridized carbons (Fsp3) is 0.238. The summed E-state index contributed by atoms with van der Waals surface area (Å²) in [6.07, 6.45) is 9.84. The molecule has 1 saturated heterocycles. The number of dihydropyridines is 1. The van der Waals surface area contributed by atoms with Gasteiger partial charge in [0.2, 0.25) is 0 Å². The molecule has 134 valence electrons. The average molecular weight is 374 g/mol. The molecule has 1 aromatic carbocycles. The molecule has 1 aromatic heterocycles. The first kappa shape index (κ1) is 16.4. The summed E-state index contributed by atoms with van der Waals surface area (Å²) in [5.41, 5.74) is 3.38. The number of rotatable bonds is 4. The van der Waals surface area contributed by atoms with E-state index in [0.717, 1.165) is 22.9 Å². The highest BCUT2D eigenvalue weighted by atomic mass is 32.2. The predicted octanol–water partition coefficient (Wildman–Crippen LogP) is 3.58. The first-order valence-electron chi connectivity index (χ1n) is 9.09. The maximum atomic E-state index is 12.3. The zero-order valence-corrected chi connectivity index (χ0v) is 15.4. The molecule has 3 heterocycles. The number of fused-ring (bicyclic) bond motifs is 2. The Morgan fingerprint density at radius 1 is 1.33 bits per heavy atom. The second-order valence-electron chi connectivity index (χ2n) is 6.91. The van der Waals surface area contributed by atoms with Gasteiger partial charge in [-0.05, 0) is 60.5 Å². The van der Waals surface area contributed by atoms with Gasteiger partial charge >= 0.3 is 0 Å². The summed E-state index contributed by atoms with van der Waals surface area (Å²) >= 11 is 1.41. The summed E-state index contributed by atoms with van der Waals surface area (Å²) < 4.78 is 0. The van der Waals surface area contributed by atoms with Crippen LogP contribution in [0.4, 0.5) is 0 Å². The quantitative estimate of drug-likeness (QED) is 0.832. The number of aliphatic imine (C=N–C) groups is 2. The van der Waals surface area contributed by atoms with Crippen molar-refractivity contribution in [1.29, 1.82) is 0 Å². The maximum Gasteiger partial charge on any atom is 0.264 e. The van der Waals surface area contributed by atoms with Gasteiger partial charge < -0.3 is 5.32 Å². The lowest BCUT2D eigenvalue weighted by Gasteiger charge is -2.06. The molecule has 27 heavy (non-hydrogen) atoms. The van der Waals surface area contributed by atoms with Crippen molar-refractivity contribution in [3.63, 3.8) is 0 Å². The number of amidine groups is 1. The van der Waals surface area contributed by atoms with Gasteiger partial charge in [-0.1, -0.05) is 17.7 Å². The number of thioether (sulfide) groups is 1. The molecule has 5 rings (SSSR count). The largest absolute Gasteiger partial charge is 0.301 e. The highest BCUT2D eigenvalue weighted by Crippen LogP contribution is 2.43. The van der Waals surface area contributed by atoms with Crippen LogP contribution in [-0.4, -0.2) is 34.9 Å². The molecule has 2 unspecified atom stereocenters. The topological polar surface area (TPSA) is 66.7 Å². The van der Waals surface area contributed by atoms with Crippen LogP contribution >= 0.6 is 11.8 Å². The van der Waals surface area contributed by atoms with Crippen LogP contribution < -0.4 is 5.32 Å². The van der Waals surface area contributed by atoms with Gasteiger partial charge in [0.1, 0.15) is 0 Å². The third-order valence-electron chi connectivity index (χ3n) is 5.03. The van der Waals surface area contributed by atoms with Crippen molar-refractivity contribution in [1.82, 2.24) is 10.3 Å². The molecule has 3 aliphatic rings. The molecular weight excluding hydrogens is 356 g/mol. The normalized spacial score (nSPS) is 26.4. The molecule has 2 atom stereocenters. The minimum Gasteiger partial charge on any atom is -0.301 e. The van der Waals surface area contributed by atoms with Gasteiger partial charge in [-0.15, -0.1) is 0 Å². The molecule has 2 fully saturated rings. The third-order valence-corrected chi connectivity index (χ3v) is 5.98. The zero-order chi connectivity index (χ0) is 18.2. The Morgan fingerprint density at radius 3 is 3.26 bits per heavy atom. The number of carbonyl (C=O) groups is 1. The van der Waals surface area contributed by atoms with Crippen molar-refractivity contribution in [2.75, 3.05) is 6.54 Å². The van der Waals surface area contributed by atoms with Crippen LogP contribution in [0.15, 0.2) is 63.1 Å². The van der Waals surface area contributed by atoms with E-state index in [-0.39, 0.29) is 5.91 Å². The number of nitrogens with one attached hydrogen (secondary N) is 1. The van der Waals surface area contributed by atoms with Gasteiger partial charge in [0.15, 0.2) is 5.17 Å². The van der Waals surface area contributed by atoms with Gasteiger partial charge in [0.05, 0.1) is 16.5 Å². The highest BCUT2D eigenvalue weighted by Gasteiger charge is 2.40. The minimum atomic E-state index is -0.0868. The molecule has 0 spiro atoms. The summed E-state index contributed by atoms with van der Waals surface area (Å²) in [5, 5.41) is 4.62. The molecule has 0 bridgehead atoms. The van der Waals surface area contributed by atoms with Crippen LogP contribution in [0, 0.1) is 5.92 Å². The zero-order valence-electron chi connectivity index (χ0n) is 14.6. The van der Waals surface area contributed by atoms with Crippen LogP contribution in [-0.2, 0) is 4.79 Å². The number of amides is 1. The number of hydrogen-bond acceptors (Lipinski definition) is 5. The van der Waals surface area contributed by atoms with Crippen LogP contribution in [0.5, 0.6) is 0 Å². The first-order chi connectivity index (χ1) is 13.3. The second kappa shape index (κ2) is 6.78. The summed E-state index contributed by atoms with van der Waals surface area (Å²) in [7, 11) is 0. The molecule has 5 nitrogen and oxygen atoms in total. The fourth-order valence-electron chi connectivity index (χ4n) is 3.51. The molecule has 1 N–H and O–H groups in total. The highest BCUT2D eigenvalue weighted by molar-refractivity contribution is 8.18. The Balaban J connectivity index is 1.27. The monoisotopic (exact) mass is 374 g/mol. The van der Waals surface area contributed by atoms with Crippen molar-refractivity contribution in [2.24, 2.45) is 15.9 Å². The Kier molecular flexibility index (Phi) is 4.13. The molecule has 1 saturated carbocycles. The Hall–Kier alpha value is -2.73. The van der Waals surface area contributed by atoms with Gasteiger partial charge in [0.25, 0.3) is 5.91 Å². The smallest absolute Gasteiger partial charge is 0.264 e. The van der Waals surface area contributed by atoms with Crippen molar-refractivity contribution < 1.29 is 4.79 Å². The van der Waals surface area contributed by atoms with E-state index in [9.17, 15) is 4.79 Å². The van der Waals surface area contributed by atoms with E-state index in [0.29, 0.717) is 28.6 Å². The first-order valence-corrected chi connectivity index (χ1v) is 9.90. The second-order valence-corrected chi connectivity index (χ2v) is 7.94. The lowest BCUT2D eigenvalue weighted by molar-refractivity contribution is -0.115. The van der Waals surface area contributed by atoms with Crippen molar-refractivity contribution >= 4 is 46.0 Å². The summed E-state index contributed by atoms with van der Waals surface area (Å²) in [4.78, 5) is 26.2. The molecule has 0 radical (unpaired) electrons. The van der Waals surface area contributed by atoms with E-state index in [1.807, 2.05) is 42.6 Å². The summed E-state index contributed by atoms with van der Waals surface area (Å²) in [6.45, 7) is 0.695. The van der Waals surface area contributed by atoms with E-state index < -0.39 is 0 Å². The van der Waals surface area contributed by atoms with Crippen LogP contribution in [0.3, 0.4) is 0 Å². The number of carbonyl (C=O) groups excluding carboxylic acids is 1. The Labute approximate surface area is 161 Å². The summed E-state index contributed by atoms with van der Waals surface area (Å²) in [6, 6.07) is 10.5. The molecule has 6 heteroatoms. The van der Waals surface area contributed by atoms with Crippen molar-refractivity contribution in [3.8, 4) is 0 Å². The van der Waals surface area contributed by atoms with Gasteiger partial charge in [0, 0.05) is 30.3 Å². The van der Waals surface area contributed by atoms with Crippen molar-refractivity contribution in [3.05, 3.63) is 58.6 Å². The van der Waals surface area contributed by atoms with Crippen molar-refractivity contribution in [2.45, 2.75) is 18.9 Å². The van der Waals surface area contributed by atoms with Gasteiger partial charge in [-0.3, -0.25) is 19.8 Å². The molecular formula is C21H18N4OS. The lowest BCUT2D eigenvalue weighted by Crippen LogP contribution is -2.20. The van der Waals surface area contributed by atoms with E-state index in [4.69, 9.17) is 0 Å². The van der Waals surface area contributed by atoms with Gasteiger partial charge in [-0.2, -0.15) is 0 Å². The average Bonchev–Trinajstić information content (AvgIpc) is 3.40. The molecule has 1 amide bonds. The number of pyridine rings is 1. The minimum absolute atomic E-state index is 0.0868. The lowest BCUT2D eigenvalue weighted by atomic mass is 10.1. The number of nitrogens with zero attached hydrogens (tertiary/aromatic N) is 3. The number of allylic oxidation sites excluding steroid dienone is 1. The molecule has 2 aromatic rings. The molecule has 2 aliphatic heterocycles. The maximum absolute atomic E-state index is 12.3. The van der Waals surface area contributed by atoms with E-state index in [2.05, 4.69) is 26.4 Å². The van der Waals surface area contributed by atoms with E-state index >= 15 is 0 Å². The predicted molar refractivity (Wildman–Crippen MR) is 111 cm³/mol. The standard InChI is InChI=1S/C21H18N4OS/c26-20-19(11-13-3-4-17-15(10-13)2-1-7-22-17)27-21(25-20)24-9-6-14-5-8-23-18-12-16(14)18/h1-5,7-8,10-11,16,18H,6,9,12H2,(H,24,25,26)/b19-11-. The van der Waals surface area contributed by atoms with Crippen LogP contribution in [0.2, 0.25) is 0 Å². The van der Waals surface area contributed by atoms with Gasteiger partial charge in [-0.25, -0.2) is 0 Å². The van der Waals surface area contributed by atoms with E-state index in [1.165, 1.54) is 23.8 Å². The number of hydrogen-bond donors (Lipinski definition) is 1. The van der Waals surface area contributed by atoms with Crippen LogP contribution in [0.1, 0.15) is 18.4 Å². The third kappa shape index (κ3) is 3.45. The fourth-order valence-corrected chi connectivity index (χ4v) is 4.36. The Bertz CT molecular complexity index is 1050. The SMILES string of the molecule is O=C1NC(=NCCC2=CC=NC3CC23)S/C1=C\c1ccc2ncccc2c1. The number of benzene rings is 1. The summed E-state index contributed by atoms with van der Waals surface area (Å²) in [5.74, 6) is 0.551. The van der Waals surface area contributed by atoms with E-state index in [1.54, 1.807) is 6.20 Å². The Morgan fingerprint density at radius 2 is 2.30 bits per heavy atom. The molecule has 1 aliphatic carbocycles.